The van der Waals surface area contributed by atoms with Gasteiger partial charge in [0.05, 0.1) is 17.8 Å². The minimum atomic E-state index is -5.02. The molecule has 0 unspecified atom stereocenters. The number of hydrogen-bond acceptors (Lipinski definition) is 7. The molecule has 1 amide bonds. The number of ketones is 1. The van der Waals surface area contributed by atoms with Gasteiger partial charge in [-0.05, 0) is 19.1 Å². The number of carbonyl (C=O) groups is 2. The van der Waals surface area contributed by atoms with Gasteiger partial charge in [-0.2, -0.15) is 16.8 Å². The van der Waals surface area contributed by atoms with Crippen molar-refractivity contribution in [2.75, 3.05) is 11.1 Å². The van der Waals surface area contributed by atoms with E-state index in [0.29, 0.717) is 0 Å². The maximum absolute atomic E-state index is 11.5. The van der Waals surface area contributed by atoms with Crippen molar-refractivity contribution in [1.82, 2.24) is 0 Å². The second-order valence-corrected chi connectivity index (χ2v) is 6.98. The second kappa shape index (κ2) is 6.00. The first kappa shape index (κ1) is 18.0. The number of nitrogens with two attached hydrogens (primary N) is 1. The minimum Gasteiger partial charge on any atom is -0.396 e. The molecular weight excluding hydrogens is 340 g/mol. The van der Waals surface area contributed by atoms with Crippen molar-refractivity contribution in [3.63, 3.8) is 0 Å². The molecule has 122 valence electrons. The van der Waals surface area contributed by atoms with E-state index in [-0.39, 0.29) is 0 Å². The summed E-state index contributed by atoms with van der Waals surface area (Å²) < 4.78 is 62.9. The van der Waals surface area contributed by atoms with Crippen LogP contribution < -0.4 is 11.1 Å². The highest BCUT2D eigenvalue weighted by Crippen LogP contribution is 2.33. The average molecular weight is 352 g/mol. The summed E-state index contributed by atoms with van der Waals surface area (Å²) >= 11 is 0. The monoisotopic (exact) mass is 352 g/mol. The SMILES string of the molecule is CC(=O)CC(=O)Nc1ccc(S(=O)(=O)O)c(N)c1S(=O)(=O)O. The first-order chi connectivity index (χ1) is 9.84. The summed E-state index contributed by atoms with van der Waals surface area (Å²) in [6, 6.07) is 1.54. The Labute approximate surface area is 125 Å². The minimum absolute atomic E-state index is 0.506. The highest BCUT2D eigenvalue weighted by atomic mass is 32.2. The lowest BCUT2D eigenvalue weighted by molar-refractivity contribution is -0.124. The van der Waals surface area contributed by atoms with Crippen molar-refractivity contribution in [3.8, 4) is 0 Å². The number of carbonyl (C=O) groups excluding carboxylic acids is 2. The van der Waals surface area contributed by atoms with Gasteiger partial charge < -0.3 is 11.1 Å². The third-order valence-corrected chi connectivity index (χ3v) is 4.24. The number of rotatable bonds is 5. The molecule has 1 aromatic carbocycles. The molecule has 5 N–H and O–H groups in total. The molecule has 0 heterocycles. The van der Waals surface area contributed by atoms with Crippen LogP contribution in [0.3, 0.4) is 0 Å². The summed E-state index contributed by atoms with van der Waals surface area (Å²) in [5.74, 6) is -1.40. The molecule has 1 rings (SSSR count). The van der Waals surface area contributed by atoms with Gasteiger partial charge in [0.15, 0.2) is 0 Å². The zero-order valence-corrected chi connectivity index (χ0v) is 12.7. The van der Waals surface area contributed by atoms with Crippen LogP contribution in [0.2, 0.25) is 0 Å². The molecular formula is C10H12N2O8S2. The Morgan fingerprint density at radius 2 is 1.68 bits per heavy atom. The fourth-order valence-corrected chi connectivity index (χ4v) is 3.07. The number of nitrogen functional groups attached to an aromatic ring is 1. The highest BCUT2D eigenvalue weighted by Gasteiger charge is 2.27. The zero-order chi connectivity index (χ0) is 17.3. The summed E-state index contributed by atoms with van der Waals surface area (Å²) in [5, 5.41) is 2.01. The lowest BCUT2D eigenvalue weighted by Gasteiger charge is -2.13. The zero-order valence-electron chi connectivity index (χ0n) is 11.1. The molecule has 1 aromatic rings. The standard InChI is InChI=1S/C10H12N2O8S2/c1-5(13)4-8(14)12-6-2-3-7(21(15,16)17)9(11)10(6)22(18,19)20/h2-3H,4,11H2,1H3,(H,12,14)(H,15,16,17)(H,18,19,20). The molecule has 0 aliphatic carbocycles. The van der Waals surface area contributed by atoms with Crippen molar-refractivity contribution in [2.24, 2.45) is 0 Å². The lowest BCUT2D eigenvalue weighted by atomic mass is 10.2. The van der Waals surface area contributed by atoms with Crippen molar-refractivity contribution >= 4 is 43.3 Å². The van der Waals surface area contributed by atoms with Crippen LogP contribution in [0.25, 0.3) is 0 Å². The van der Waals surface area contributed by atoms with E-state index in [1.165, 1.54) is 0 Å². The van der Waals surface area contributed by atoms with E-state index in [9.17, 15) is 26.4 Å². The predicted molar refractivity (Wildman–Crippen MR) is 74.4 cm³/mol. The van der Waals surface area contributed by atoms with Crippen LogP contribution in [-0.2, 0) is 29.8 Å². The molecule has 0 aliphatic rings. The Hall–Kier alpha value is -2.02. The molecule has 0 fully saturated rings. The Kier molecular flexibility index (Phi) is 4.92. The number of anilines is 2. The van der Waals surface area contributed by atoms with E-state index in [0.717, 1.165) is 19.1 Å². The largest absolute Gasteiger partial charge is 0.396 e. The van der Waals surface area contributed by atoms with Gasteiger partial charge in [0.1, 0.15) is 15.6 Å². The topological polar surface area (TPSA) is 181 Å². The Bertz CT molecular complexity index is 842. The van der Waals surface area contributed by atoms with Gasteiger partial charge in [-0.15, -0.1) is 0 Å². The highest BCUT2D eigenvalue weighted by molar-refractivity contribution is 7.87. The number of Topliss-reactive ketones (excluding diaryl/α,β-unsaturated/α-hetero) is 1. The average Bonchev–Trinajstić information content (AvgIpc) is 2.23. The Balaban J connectivity index is 3.52. The molecule has 12 heteroatoms. The van der Waals surface area contributed by atoms with Crippen LogP contribution in [-0.4, -0.2) is 37.6 Å². The van der Waals surface area contributed by atoms with Crippen LogP contribution in [0.5, 0.6) is 0 Å². The fraction of sp³-hybridized carbons (Fsp3) is 0.200. The van der Waals surface area contributed by atoms with Gasteiger partial charge in [-0.3, -0.25) is 18.7 Å². The fourth-order valence-electron chi connectivity index (χ4n) is 1.60. The summed E-state index contributed by atoms with van der Waals surface area (Å²) in [6.45, 7) is 1.12. The van der Waals surface area contributed by atoms with E-state index < -0.39 is 59.5 Å². The van der Waals surface area contributed by atoms with Crippen molar-refractivity contribution in [3.05, 3.63) is 12.1 Å². The lowest BCUT2D eigenvalue weighted by Crippen LogP contribution is -2.18. The molecule has 0 spiro atoms. The summed E-state index contributed by atoms with van der Waals surface area (Å²) in [4.78, 5) is 20.2. The van der Waals surface area contributed by atoms with Crippen molar-refractivity contribution in [1.29, 1.82) is 0 Å². The van der Waals surface area contributed by atoms with E-state index in [4.69, 9.17) is 14.8 Å². The molecule has 0 bridgehead atoms. The summed E-state index contributed by atoms with van der Waals surface area (Å²) in [5.41, 5.74) is 3.84. The Morgan fingerprint density at radius 1 is 1.14 bits per heavy atom. The Morgan fingerprint density at radius 3 is 2.09 bits per heavy atom. The van der Waals surface area contributed by atoms with Crippen LogP contribution >= 0.6 is 0 Å². The number of amides is 1. The van der Waals surface area contributed by atoms with Gasteiger partial charge in [0.2, 0.25) is 5.91 Å². The van der Waals surface area contributed by atoms with Crippen LogP contribution in [0.4, 0.5) is 11.4 Å². The van der Waals surface area contributed by atoms with E-state index >= 15 is 0 Å². The van der Waals surface area contributed by atoms with Crippen molar-refractivity contribution < 1.29 is 35.5 Å². The molecule has 0 saturated carbocycles. The van der Waals surface area contributed by atoms with Gasteiger partial charge >= 0.3 is 0 Å². The molecule has 10 nitrogen and oxygen atoms in total. The maximum Gasteiger partial charge on any atom is 0.298 e. The van der Waals surface area contributed by atoms with Gasteiger partial charge in [-0.1, -0.05) is 0 Å². The molecule has 22 heavy (non-hydrogen) atoms. The van der Waals surface area contributed by atoms with Crippen LogP contribution in [0.1, 0.15) is 13.3 Å². The molecule has 0 aromatic heterocycles. The predicted octanol–water partition coefficient (Wildman–Crippen LogP) is -0.320. The van der Waals surface area contributed by atoms with E-state index in [1.807, 2.05) is 5.32 Å². The van der Waals surface area contributed by atoms with E-state index in [2.05, 4.69) is 0 Å². The van der Waals surface area contributed by atoms with Crippen LogP contribution in [0.15, 0.2) is 21.9 Å². The van der Waals surface area contributed by atoms with Gasteiger partial charge in [0, 0.05) is 0 Å². The summed E-state index contributed by atoms with van der Waals surface area (Å²) in [7, 11) is -9.87. The second-order valence-electron chi connectivity index (χ2n) is 4.23. The molecule has 0 radical (unpaired) electrons. The molecule has 0 saturated heterocycles. The third kappa shape index (κ3) is 4.24. The molecule has 0 aliphatic heterocycles. The smallest absolute Gasteiger partial charge is 0.298 e. The van der Waals surface area contributed by atoms with Gasteiger partial charge in [0.25, 0.3) is 20.2 Å². The van der Waals surface area contributed by atoms with Gasteiger partial charge in [-0.25, -0.2) is 0 Å². The van der Waals surface area contributed by atoms with Crippen molar-refractivity contribution in [2.45, 2.75) is 23.1 Å². The number of hydrogen-bond donors (Lipinski definition) is 4. The third-order valence-electron chi connectivity index (χ3n) is 2.38. The first-order valence-electron chi connectivity index (χ1n) is 5.50. The van der Waals surface area contributed by atoms with E-state index in [1.54, 1.807) is 0 Å². The quantitative estimate of drug-likeness (QED) is 0.313. The molecule has 0 atom stereocenters. The number of nitrogens with one attached hydrogen (secondary N) is 1. The first-order valence-corrected chi connectivity index (χ1v) is 8.38. The van der Waals surface area contributed by atoms with Crippen LogP contribution in [0, 0.1) is 0 Å². The maximum atomic E-state index is 11.5. The number of benzene rings is 1. The normalized spacial score (nSPS) is 12.0. The summed E-state index contributed by atoms with van der Waals surface area (Å²) in [6.07, 6.45) is -0.565.